The van der Waals surface area contributed by atoms with E-state index in [9.17, 15) is 10.1 Å². The van der Waals surface area contributed by atoms with Crippen LogP contribution < -0.4 is 14.8 Å². The zero-order chi connectivity index (χ0) is 20.8. The second kappa shape index (κ2) is 9.27. The van der Waals surface area contributed by atoms with Crippen molar-refractivity contribution in [1.29, 1.82) is 0 Å². The summed E-state index contributed by atoms with van der Waals surface area (Å²) in [7, 11) is 3.27. The number of para-hydroxylation sites is 1. The third kappa shape index (κ3) is 4.59. The van der Waals surface area contributed by atoms with E-state index in [-0.39, 0.29) is 17.2 Å². The van der Waals surface area contributed by atoms with Crippen molar-refractivity contribution in [3.63, 3.8) is 0 Å². The predicted octanol–water partition coefficient (Wildman–Crippen LogP) is 3.14. The number of hydrogen-bond donors (Lipinski definition) is 1. The number of rotatable bonds is 6. The Labute approximate surface area is 170 Å². The fourth-order valence-corrected chi connectivity index (χ4v) is 3.47. The number of aliphatic imine (C=N–C) groups is 1. The normalized spacial score (nSPS) is 13.6. The van der Waals surface area contributed by atoms with Crippen molar-refractivity contribution >= 4 is 11.6 Å². The molecule has 0 saturated heterocycles. The van der Waals surface area contributed by atoms with Gasteiger partial charge in [-0.1, -0.05) is 18.2 Å². The number of benzene rings is 2. The van der Waals surface area contributed by atoms with Crippen molar-refractivity contribution in [2.24, 2.45) is 4.99 Å². The summed E-state index contributed by atoms with van der Waals surface area (Å²) in [6, 6.07) is 10.7. The van der Waals surface area contributed by atoms with Crippen LogP contribution in [-0.2, 0) is 19.5 Å². The molecule has 1 heterocycles. The van der Waals surface area contributed by atoms with Crippen LogP contribution in [0.2, 0.25) is 0 Å². The summed E-state index contributed by atoms with van der Waals surface area (Å²) >= 11 is 0. The van der Waals surface area contributed by atoms with Crippen LogP contribution in [0.1, 0.15) is 23.6 Å². The zero-order valence-electron chi connectivity index (χ0n) is 17.0. The van der Waals surface area contributed by atoms with Crippen molar-refractivity contribution < 1.29 is 14.4 Å². The van der Waals surface area contributed by atoms with Crippen molar-refractivity contribution in [2.75, 3.05) is 27.3 Å². The topological polar surface area (TPSA) is 89.2 Å². The van der Waals surface area contributed by atoms with Gasteiger partial charge in [0.05, 0.1) is 31.3 Å². The molecule has 8 nitrogen and oxygen atoms in total. The summed E-state index contributed by atoms with van der Waals surface area (Å²) in [6.07, 6.45) is 0.853. The van der Waals surface area contributed by atoms with Crippen molar-refractivity contribution in [3.05, 3.63) is 63.2 Å². The highest BCUT2D eigenvalue weighted by molar-refractivity contribution is 5.80. The smallest absolute Gasteiger partial charge is 0.274 e. The lowest BCUT2D eigenvalue weighted by molar-refractivity contribution is -0.385. The molecule has 0 aromatic heterocycles. The van der Waals surface area contributed by atoms with Crippen LogP contribution in [0.3, 0.4) is 0 Å². The van der Waals surface area contributed by atoms with Gasteiger partial charge >= 0.3 is 0 Å². The van der Waals surface area contributed by atoms with E-state index in [1.54, 1.807) is 32.4 Å². The van der Waals surface area contributed by atoms with E-state index in [2.05, 4.69) is 15.2 Å². The Morgan fingerprint density at radius 1 is 1.21 bits per heavy atom. The minimum atomic E-state index is -0.366. The third-order valence-electron chi connectivity index (χ3n) is 4.94. The molecule has 0 aliphatic carbocycles. The first-order valence-electron chi connectivity index (χ1n) is 9.56. The van der Waals surface area contributed by atoms with E-state index in [1.165, 1.54) is 11.6 Å². The van der Waals surface area contributed by atoms with Gasteiger partial charge in [-0.2, -0.15) is 0 Å². The highest BCUT2D eigenvalue weighted by Gasteiger charge is 2.22. The maximum absolute atomic E-state index is 11.3. The molecule has 1 aliphatic rings. The van der Waals surface area contributed by atoms with Crippen molar-refractivity contribution in [1.82, 2.24) is 10.2 Å². The summed E-state index contributed by atoms with van der Waals surface area (Å²) < 4.78 is 10.8. The van der Waals surface area contributed by atoms with Gasteiger partial charge in [-0.25, -0.2) is 4.99 Å². The average Bonchev–Trinajstić information content (AvgIpc) is 2.75. The molecule has 2 aromatic carbocycles. The minimum absolute atomic E-state index is 0.0907. The first-order valence-corrected chi connectivity index (χ1v) is 9.56. The van der Waals surface area contributed by atoms with Gasteiger partial charge in [0.2, 0.25) is 0 Å². The van der Waals surface area contributed by atoms with Gasteiger partial charge in [0.15, 0.2) is 17.5 Å². The van der Waals surface area contributed by atoms with Gasteiger partial charge in [-0.15, -0.1) is 0 Å². The van der Waals surface area contributed by atoms with Crippen molar-refractivity contribution in [3.8, 4) is 11.5 Å². The van der Waals surface area contributed by atoms with E-state index in [1.807, 2.05) is 19.1 Å². The molecule has 8 heteroatoms. The number of nitrogens with zero attached hydrogens (tertiary/aromatic N) is 3. The van der Waals surface area contributed by atoms with E-state index in [4.69, 9.17) is 9.47 Å². The Balaban J connectivity index is 1.84. The molecule has 0 saturated carbocycles. The number of nitro benzene ring substituents is 1. The lowest BCUT2D eigenvalue weighted by Gasteiger charge is -2.32. The molecular formula is C21H26N4O4. The second-order valence-electron chi connectivity index (χ2n) is 6.70. The molecule has 29 heavy (non-hydrogen) atoms. The fraction of sp³-hybridized carbons (Fsp3) is 0.381. The molecule has 0 bridgehead atoms. The Morgan fingerprint density at radius 2 is 1.90 bits per heavy atom. The second-order valence-corrected chi connectivity index (χ2v) is 6.70. The first kappa shape index (κ1) is 20.4. The zero-order valence-corrected chi connectivity index (χ0v) is 17.0. The standard InChI is InChI=1S/C21H26N4O4/c1-4-22-21(23-13-16-7-5-6-8-18(16)25(26)27)24-10-9-15-11-19(28-2)20(29-3)12-17(15)14-24/h5-8,11-12H,4,9-10,13-14H2,1-3H3,(H,22,23). The van der Waals surface area contributed by atoms with Crippen LogP contribution in [0.25, 0.3) is 0 Å². The number of fused-ring (bicyclic) bond motifs is 1. The predicted molar refractivity (Wildman–Crippen MR) is 112 cm³/mol. The molecule has 2 aromatic rings. The summed E-state index contributed by atoms with van der Waals surface area (Å²) in [5.74, 6) is 2.18. The van der Waals surface area contributed by atoms with Crippen LogP contribution in [0.4, 0.5) is 5.69 Å². The van der Waals surface area contributed by atoms with Crippen molar-refractivity contribution in [2.45, 2.75) is 26.4 Å². The summed E-state index contributed by atoms with van der Waals surface area (Å²) in [6.45, 7) is 4.44. The Morgan fingerprint density at radius 3 is 2.55 bits per heavy atom. The maximum atomic E-state index is 11.3. The van der Waals surface area contributed by atoms with E-state index < -0.39 is 0 Å². The van der Waals surface area contributed by atoms with E-state index >= 15 is 0 Å². The SMILES string of the molecule is CCNC(=NCc1ccccc1[N+](=O)[O-])N1CCc2cc(OC)c(OC)cc2C1. The summed E-state index contributed by atoms with van der Waals surface area (Å²) in [4.78, 5) is 17.7. The van der Waals surface area contributed by atoms with Gasteiger partial charge in [0.25, 0.3) is 5.69 Å². The van der Waals surface area contributed by atoms with Gasteiger partial charge in [-0.3, -0.25) is 10.1 Å². The highest BCUT2D eigenvalue weighted by Crippen LogP contribution is 2.33. The molecule has 0 spiro atoms. The van der Waals surface area contributed by atoms with Crippen LogP contribution in [-0.4, -0.2) is 43.1 Å². The van der Waals surface area contributed by atoms with E-state index in [0.29, 0.717) is 24.4 Å². The molecule has 3 rings (SSSR count). The fourth-order valence-electron chi connectivity index (χ4n) is 3.47. The van der Waals surface area contributed by atoms with Crippen LogP contribution in [0.15, 0.2) is 41.4 Å². The quantitative estimate of drug-likeness (QED) is 0.348. The van der Waals surface area contributed by atoms with Gasteiger partial charge in [0.1, 0.15) is 0 Å². The lowest BCUT2D eigenvalue weighted by Crippen LogP contribution is -2.44. The lowest BCUT2D eigenvalue weighted by atomic mass is 9.99. The molecule has 0 atom stereocenters. The number of hydrogen-bond acceptors (Lipinski definition) is 5. The molecule has 154 valence electrons. The number of nitro groups is 1. The molecule has 0 amide bonds. The number of nitrogens with one attached hydrogen (secondary N) is 1. The number of methoxy groups -OCH3 is 2. The third-order valence-corrected chi connectivity index (χ3v) is 4.94. The van der Waals surface area contributed by atoms with Gasteiger partial charge < -0.3 is 19.7 Å². The Kier molecular flexibility index (Phi) is 6.54. The highest BCUT2D eigenvalue weighted by atomic mass is 16.6. The molecule has 1 aliphatic heterocycles. The van der Waals surface area contributed by atoms with Gasteiger partial charge in [0, 0.05) is 25.7 Å². The first-order chi connectivity index (χ1) is 14.1. The molecule has 0 radical (unpaired) electrons. The molecule has 0 fully saturated rings. The number of ether oxygens (including phenoxy) is 2. The largest absolute Gasteiger partial charge is 0.493 e. The van der Waals surface area contributed by atoms with Crippen LogP contribution in [0, 0.1) is 10.1 Å². The van der Waals surface area contributed by atoms with Gasteiger partial charge in [-0.05, 0) is 36.6 Å². The average molecular weight is 398 g/mol. The Bertz CT molecular complexity index is 914. The maximum Gasteiger partial charge on any atom is 0.274 e. The molecule has 0 unspecified atom stereocenters. The van der Waals surface area contributed by atoms with E-state index in [0.717, 1.165) is 30.2 Å². The molecule has 1 N–H and O–H groups in total. The monoisotopic (exact) mass is 398 g/mol. The molecular weight excluding hydrogens is 372 g/mol. The summed E-state index contributed by atoms with van der Waals surface area (Å²) in [5.41, 5.74) is 3.07. The van der Waals surface area contributed by atoms with Crippen LogP contribution in [0.5, 0.6) is 11.5 Å². The Hall–Kier alpha value is -3.29. The number of guanidine groups is 1. The minimum Gasteiger partial charge on any atom is -0.493 e. The summed E-state index contributed by atoms with van der Waals surface area (Å²) in [5, 5.41) is 14.6. The van der Waals surface area contributed by atoms with Crippen LogP contribution >= 0.6 is 0 Å².